The first-order valence-corrected chi connectivity index (χ1v) is 9.53. The maximum Gasteiger partial charge on any atom is 0.249 e. The fraction of sp³-hybridized carbons (Fsp3) is 0.667. The van der Waals surface area contributed by atoms with E-state index >= 15 is 0 Å². The lowest BCUT2D eigenvalue weighted by atomic mass is 10.2. The molecular weight excluding hydrogens is 310 g/mol. The predicted octanol–water partition coefficient (Wildman–Crippen LogP) is 0.887. The van der Waals surface area contributed by atoms with Gasteiger partial charge in [0.15, 0.2) is 9.34 Å². The maximum atomic E-state index is 11.7. The Morgan fingerprint density at radius 3 is 2.32 bits per heavy atom. The summed E-state index contributed by atoms with van der Waals surface area (Å²) in [5, 5.41) is 5.02. The van der Waals surface area contributed by atoms with Crippen molar-refractivity contribution in [2.24, 2.45) is 11.1 Å². The van der Waals surface area contributed by atoms with Crippen molar-refractivity contribution in [3.05, 3.63) is 5.69 Å². The predicted molar refractivity (Wildman–Crippen MR) is 75.1 cm³/mol. The van der Waals surface area contributed by atoms with Crippen LogP contribution in [0, 0.1) is 12.8 Å². The Morgan fingerprint density at radius 1 is 1.32 bits per heavy atom. The average Bonchev–Trinajstić information content (AvgIpc) is 2.55. The van der Waals surface area contributed by atoms with Gasteiger partial charge < -0.3 is 0 Å². The third-order valence-corrected chi connectivity index (χ3v) is 6.25. The number of sulfonamides is 2. The van der Waals surface area contributed by atoms with Crippen LogP contribution in [0.25, 0.3) is 0 Å². The first kappa shape index (κ1) is 16.3. The zero-order valence-corrected chi connectivity index (χ0v) is 13.3. The number of aromatic nitrogens is 1. The van der Waals surface area contributed by atoms with Crippen LogP contribution in [0.2, 0.25) is 0 Å². The molecule has 1 heterocycles. The number of rotatable bonds is 6. The van der Waals surface area contributed by atoms with Crippen molar-refractivity contribution in [3.63, 3.8) is 0 Å². The number of hydrogen-bond donors (Lipinski definition) is 2. The van der Waals surface area contributed by atoms with Crippen LogP contribution >= 0.6 is 11.3 Å². The number of nitrogens with two attached hydrogens (primary N) is 1. The SMILES string of the molecule is Cc1nc(NS(=O)(=O)CCC(C)C)sc1S(N)(=O)=O. The monoisotopic (exact) mass is 327 g/mol. The topological polar surface area (TPSA) is 119 Å². The Morgan fingerprint density at radius 2 is 1.89 bits per heavy atom. The molecule has 0 atom stereocenters. The van der Waals surface area contributed by atoms with E-state index in [1.165, 1.54) is 6.92 Å². The number of primary sulfonamides is 1. The van der Waals surface area contributed by atoms with Crippen molar-refractivity contribution >= 4 is 36.5 Å². The van der Waals surface area contributed by atoms with E-state index in [4.69, 9.17) is 5.14 Å². The molecule has 0 unspecified atom stereocenters. The van der Waals surface area contributed by atoms with E-state index < -0.39 is 20.0 Å². The standard InChI is InChI=1S/C9H17N3O4S3/c1-6(2)4-5-18(13,14)12-9-11-7(3)8(17-9)19(10,15)16/h6H,4-5H2,1-3H3,(H,11,12)(H2,10,15,16). The summed E-state index contributed by atoms with van der Waals surface area (Å²) in [6, 6.07) is 0. The highest BCUT2D eigenvalue weighted by atomic mass is 32.2. The van der Waals surface area contributed by atoms with Crippen molar-refractivity contribution in [1.29, 1.82) is 0 Å². The Hall–Kier alpha value is -0.710. The number of nitrogens with zero attached hydrogens (tertiary/aromatic N) is 1. The molecule has 10 heteroatoms. The molecule has 0 saturated heterocycles. The quantitative estimate of drug-likeness (QED) is 0.804. The first-order valence-electron chi connectivity index (χ1n) is 5.52. The third kappa shape index (κ3) is 5.05. The van der Waals surface area contributed by atoms with E-state index in [2.05, 4.69) is 9.71 Å². The van der Waals surface area contributed by atoms with Gasteiger partial charge in [0.05, 0.1) is 11.4 Å². The van der Waals surface area contributed by atoms with E-state index in [1.807, 2.05) is 13.8 Å². The van der Waals surface area contributed by atoms with Crippen molar-refractivity contribution in [2.75, 3.05) is 10.5 Å². The van der Waals surface area contributed by atoms with Crippen molar-refractivity contribution in [1.82, 2.24) is 4.98 Å². The minimum Gasteiger partial charge on any atom is -0.259 e. The van der Waals surface area contributed by atoms with Gasteiger partial charge in [0.2, 0.25) is 20.0 Å². The maximum absolute atomic E-state index is 11.7. The van der Waals surface area contributed by atoms with E-state index in [9.17, 15) is 16.8 Å². The summed E-state index contributed by atoms with van der Waals surface area (Å²) in [5.41, 5.74) is 0.189. The van der Waals surface area contributed by atoms with E-state index in [0.717, 1.165) is 0 Å². The molecule has 110 valence electrons. The highest BCUT2D eigenvalue weighted by Crippen LogP contribution is 2.26. The molecule has 0 aliphatic rings. The number of anilines is 1. The van der Waals surface area contributed by atoms with Crippen LogP contribution in [-0.2, 0) is 20.0 Å². The van der Waals surface area contributed by atoms with Gasteiger partial charge in [-0.15, -0.1) is 0 Å². The fourth-order valence-corrected chi connectivity index (χ4v) is 4.72. The molecule has 0 radical (unpaired) electrons. The minimum absolute atomic E-state index is 0.0188. The largest absolute Gasteiger partial charge is 0.259 e. The number of aryl methyl sites for hydroxylation is 1. The zero-order chi connectivity index (χ0) is 14.8. The van der Waals surface area contributed by atoms with Gasteiger partial charge in [-0.3, -0.25) is 4.72 Å². The number of nitrogens with one attached hydrogen (secondary N) is 1. The molecule has 1 aromatic rings. The van der Waals surface area contributed by atoms with E-state index in [0.29, 0.717) is 17.8 Å². The number of thiazole rings is 1. The lowest BCUT2D eigenvalue weighted by Gasteiger charge is -2.06. The molecule has 0 spiro atoms. The van der Waals surface area contributed by atoms with E-state index in [1.54, 1.807) is 0 Å². The molecular formula is C9H17N3O4S3. The van der Waals surface area contributed by atoms with Gasteiger partial charge in [-0.2, -0.15) is 0 Å². The minimum atomic E-state index is -3.87. The van der Waals surface area contributed by atoms with Gasteiger partial charge in [-0.05, 0) is 19.3 Å². The summed E-state index contributed by atoms with van der Waals surface area (Å²) in [4.78, 5) is 3.86. The van der Waals surface area contributed by atoms with Gasteiger partial charge >= 0.3 is 0 Å². The molecule has 0 aromatic carbocycles. The molecule has 19 heavy (non-hydrogen) atoms. The Kier molecular flexibility index (Phi) is 4.93. The van der Waals surface area contributed by atoms with Gasteiger partial charge in [-0.25, -0.2) is 27.0 Å². The summed E-state index contributed by atoms with van der Waals surface area (Å²) >= 11 is 0.713. The molecule has 0 aliphatic carbocycles. The highest BCUT2D eigenvalue weighted by molar-refractivity contribution is 7.93. The second-order valence-electron chi connectivity index (χ2n) is 4.54. The second kappa shape index (κ2) is 5.73. The second-order valence-corrected chi connectivity index (χ2v) is 9.14. The smallest absolute Gasteiger partial charge is 0.249 e. The zero-order valence-electron chi connectivity index (χ0n) is 10.9. The molecule has 0 bridgehead atoms. The van der Waals surface area contributed by atoms with Crippen LogP contribution in [0.1, 0.15) is 26.0 Å². The lowest BCUT2D eigenvalue weighted by molar-refractivity contribution is 0.578. The highest BCUT2D eigenvalue weighted by Gasteiger charge is 2.20. The lowest BCUT2D eigenvalue weighted by Crippen LogP contribution is -2.17. The number of hydrogen-bond acceptors (Lipinski definition) is 6. The normalized spacial score (nSPS) is 12.9. The molecule has 0 fully saturated rings. The molecule has 1 aromatic heterocycles. The van der Waals surface area contributed by atoms with Crippen LogP contribution in [0.3, 0.4) is 0 Å². The van der Waals surface area contributed by atoms with Gasteiger partial charge in [0.25, 0.3) is 0 Å². The summed E-state index contributed by atoms with van der Waals surface area (Å²) < 4.78 is 48.1. The molecule has 7 nitrogen and oxygen atoms in total. The van der Waals surface area contributed by atoms with Gasteiger partial charge in [0.1, 0.15) is 0 Å². The summed E-state index contributed by atoms with van der Waals surface area (Å²) in [7, 11) is -7.39. The molecule has 0 amide bonds. The summed E-state index contributed by atoms with van der Waals surface area (Å²) in [6.45, 7) is 5.30. The van der Waals surface area contributed by atoms with Gasteiger partial charge in [0, 0.05) is 0 Å². The Balaban J connectivity index is 2.90. The van der Waals surface area contributed by atoms with Crippen molar-refractivity contribution in [2.45, 2.75) is 31.4 Å². The van der Waals surface area contributed by atoms with E-state index in [-0.39, 0.29) is 26.7 Å². The summed E-state index contributed by atoms with van der Waals surface area (Å²) in [6.07, 6.45) is 0.516. The molecule has 0 aliphatic heterocycles. The molecule has 0 saturated carbocycles. The fourth-order valence-electron chi connectivity index (χ4n) is 1.26. The van der Waals surface area contributed by atoms with Gasteiger partial charge in [-0.1, -0.05) is 25.2 Å². The van der Waals surface area contributed by atoms with Crippen LogP contribution in [-0.4, -0.2) is 27.6 Å². The molecule has 3 N–H and O–H groups in total. The summed E-state index contributed by atoms with van der Waals surface area (Å²) in [5.74, 6) is 0.225. The van der Waals surface area contributed by atoms with Crippen LogP contribution in [0.15, 0.2) is 4.21 Å². The average molecular weight is 327 g/mol. The van der Waals surface area contributed by atoms with Crippen molar-refractivity contribution in [3.8, 4) is 0 Å². The first-order chi connectivity index (χ1) is 8.51. The van der Waals surface area contributed by atoms with Crippen LogP contribution < -0.4 is 9.86 Å². The van der Waals surface area contributed by atoms with Crippen molar-refractivity contribution < 1.29 is 16.8 Å². The Bertz CT molecular complexity index is 646. The van der Waals surface area contributed by atoms with Crippen LogP contribution in [0.5, 0.6) is 0 Å². The molecule has 1 rings (SSSR count). The third-order valence-electron chi connectivity index (χ3n) is 2.22. The Labute approximate surface area is 117 Å². The van der Waals surface area contributed by atoms with Crippen LogP contribution in [0.4, 0.5) is 5.13 Å².